The Labute approximate surface area is 209 Å². The van der Waals surface area contributed by atoms with Gasteiger partial charge in [0.1, 0.15) is 24.2 Å². The molecule has 0 fully saturated rings. The lowest BCUT2D eigenvalue weighted by Gasteiger charge is -2.26. The van der Waals surface area contributed by atoms with Crippen LogP contribution < -0.4 is 44.2 Å². The third kappa shape index (κ3) is 13.6. The SMILES string of the molecule is CCNC(NCC)=C(CCN=C(N)N)[C@@H](C=O)NC(=O)[C@H](CC(C)C)NC(=O)[C@H](N)CCCCN. The van der Waals surface area contributed by atoms with Gasteiger partial charge in [0, 0.05) is 25.2 Å². The Bertz CT molecular complexity index is 698. The average Bonchev–Trinajstić information content (AvgIpc) is 2.79. The molecule has 0 spiro atoms. The lowest BCUT2D eigenvalue weighted by molar-refractivity contribution is -0.130. The second-order valence-corrected chi connectivity index (χ2v) is 8.72. The number of rotatable bonds is 19. The summed E-state index contributed by atoms with van der Waals surface area (Å²) in [5, 5.41) is 11.9. The smallest absolute Gasteiger partial charge is 0.243 e. The topological polar surface area (TPSA) is 216 Å². The lowest BCUT2D eigenvalue weighted by Crippen LogP contribution is -2.54. The molecule has 202 valence electrons. The first-order chi connectivity index (χ1) is 16.6. The Balaban J connectivity index is 5.75. The molecule has 0 rings (SSSR count). The number of unbranched alkanes of at least 4 members (excludes halogenated alkanes) is 1. The summed E-state index contributed by atoms with van der Waals surface area (Å²) < 4.78 is 0. The Hall–Kier alpha value is -2.86. The second kappa shape index (κ2) is 18.5. The normalized spacial score (nSPS) is 13.2. The molecule has 2 amide bonds. The number of nitrogens with one attached hydrogen (secondary N) is 4. The lowest BCUT2D eigenvalue weighted by atomic mass is 10.00. The molecule has 3 atom stereocenters. The van der Waals surface area contributed by atoms with E-state index in [0.717, 1.165) is 12.8 Å². The number of amides is 2. The summed E-state index contributed by atoms with van der Waals surface area (Å²) in [6.07, 6.45) is 3.34. The van der Waals surface area contributed by atoms with Gasteiger partial charge in [0.05, 0.1) is 6.04 Å². The first-order valence-electron chi connectivity index (χ1n) is 12.4. The van der Waals surface area contributed by atoms with Crippen LogP contribution in [-0.2, 0) is 14.4 Å². The van der Waals surface area contributed by atoms with Gasteiger partial charge in [-0.05, 0) is 52.0 Å². The van der Waals surface area contributed by atoms with Crippen molar-refractivity contribution in [2.75, 3.05) is 26.2 Å². The molecule has 0 aromatic heterocycles. The van der Waals surface area contributed by atoms with Gasteiger partial charge in [-0.2, -0.15) is 0 Å². The largest absolute Gasteiger partial charge is 0.372 e. The fourth-order valence-electron chi connectivity index (χ4n) is 3.46. The molecule has 12 N–H and O–H groups in total. The standard InChI is InChI=1S/C23H47N9O3/c1-5-28-20(29-6-2)16(10-12-30-23(26)27)19(14-33)32-22(35)18(13-15(3)4)31-21(34)17(25)9-7-8-11-24/h14-15,17-19,28-29H,5-13,24-25H2,1-4H3,(H,31,34)(H,32,35)(H4,26,27,30)/t17-,18+,19-/m1/s1. The number of carbonyl (C=O) groups is 3. The van der Waals surface area contributed by atoms with Crippen LogP contribution in [0.25, 0.3) is 0 Å². The maximum Gasteiger partial charge on any atom is 0.243 e. The molecule has 35 heavy (non-hydrogen) atoms. The first-order valence-corrected chi connectivity index (χ1v) is 12.4. The number of hydrogen-bond acceptors (Lipinski definition) is 8. The maximum atomic E-state index is 13.2. The molecule has 12 heteroatoms. The van der Waals surface area contributed by atoms with Crippen LogP contribution in [-0.4, -0.2) is 68.4 Å². The first kappa shape index (κ1) is 32.1. The van der Waals surface area contributed by atoms with Gasteiger partial charge in [0.15, 0.2) is 5.96 Å². The van der Waals surface area contributed by atoms with Crippen LogP contribution in [0.15, 0.2) is 16.4 Å². The fourth-order valence-corrected chi connectivity index (χ4v) is 3.46. The van der Waals surface area contributed by atoms with Crippen molar-refractivity contribution in [3.05, 3.63) is 11.4 Å². The Morgan fingerprint density at radius 1 is 1.00 bits per heavy atom. The monoisotopic (exact) mass is 497 g/mol. The molecule has 12 nitrogen and oxygen atoms in total. The molecule has 0 aliphatic heterocycles. The zero-order valence-corrected chi connectivity index (χ0v) is 21.7. The van der Waals surface area contributed by atoms with Gasteiger partial charge in [-0.25, -0.2) is 0 Å². The van der Waals surface area contributed by atoms with Crippen molar-refractivity contribution >= 4 is 24.1 Å². The van der Waals surface area contributed by atoms with E-state index in [0.29, 0.717) is 56.6 Å². The van der Waals surface area contributed by atoms with Crippen LogP contribution in [0, 0.1) is 5.92 Å². The molecule has 0 saturated carbocycles. The molecule has 0 bridgehead atoms. The Morgan fingerprint density at radius 3 is 2.11 bits per heavy atom. The molecule has 0 radical (unpaired) electrons. The van der Waals surface area contributed by atoms with Crippen LogP contribution in [0.3, 0.4) is 0 Å². The minimum atomic E-state index is -0.949. The van der Waals surface area contributed by atoms with Gasteiger partial charge in [-0.15, -0.1) is 0 Å². The summed E-state index contributed by atoms with van der Waals surface area (Å²) in [6, 6.07) is -2.53. The van der Waals surface area contributed by atoms with Gasteiger partial charge in [-0.3, -0.25) is 14.6 Å². The third-order valence-electron chi connectivity index (χ3n) is 5.16. The van der Waals surface area contributed by atoms with E-state index in [1.54, 1.807) is 0 Å². The molecule has 0 aromatic carbocycles. The molecular formula is C23H47N9O3. The highest BCUT2D eigenvalue weighted by atomic mass is 16.2. The number of hydrogen-bond donors (Lipinski definition) is 8. The van der Waals surface area contributed by atoms with Crippen molar-refractivity contribution in [2.45, 2.75) is 77.9 Å². The number of guanidine groups is 1. The highest BCUT2D eigenvalue weighted by Crippen LogP contribution is 2.13. The minimum absolute atomic E-state index is 0.0630. The van der Waals surface area contributed by atoms with Crippen molar-refractivity contribution in [3.8, 4) is 0 Å². The van der Waals surface area contributed by atoms with Gasteiger partial charge in [0.2, 0.25) is 11.8 Å². The maximum absolute atomic E-state index is 13.2. The van der Waals surface area contributed by atoms with E-state index in [-0.39, 0.29) is 18.4 Å². The third-order valence-corrected chi connectivity index (χ3v) is 5.16. The summed E-state index contributed by atoms with van der Waals surface area (Å²) >= 11 is 0. The van der Waals surface area contributed by atoms with Crippen molar-refractivity contribution in [1.82, 2.24) is 21.3 Å². The van der Waals surface area contributed by atoms with Crippen molar-refractivity contribution < 1.29 is 14.4 Å². The number of aldehydes is 1. The van der Waals surface area contributed by atoms with E-state index in [1.165, 1.54) is 0 Å². The number of aliphatic imine (C=N–C) groups is 1. The van der Waals surface area contributed by atoms with E-state index < -0.39 is 29.9 Å². The van der Waals surface area contributed by atoms with Gasteiger partial charge in [0.25, 0.3) is 0 Å². The van der Waals surface area contributed by atoms with Crippen molar-refractivity contribution in [3.63, 3.8) is 0 Å². The van der Waals surface area contributed by atoms with E-state index in [9.17, 15) is 14.4 Å². The zero-order valence-electron chi connectivity index (χ0n) is 21.7. The predicted octanol–water partition coefficient (Wildman–Crippen LogP) is -1.25. The molecule has 0 saturated heterocycles. The second-order valence-electron chi connectivity index (χ2n) is 8.72. The Morgan fingerprint density at radius 2 is 1.63 bits per heavy atom. The highest BCUT2D eigenvalue weighted by Gasteiger charge is 2.28. The summed E-state index contributed by atoms with van der Waals surface area (Å²) in [5.74, 6) is -0.193. The van der Waals surface area contributed by atoms with Gasteiger partial charge in [-0.1, -0.05) is 20.3 Å². The molecule has 0 aliphatic rings. The summed E-state index contributed by atoms with van der Waals surface area (Å²) in [6.45, 7) is 9.70. The molecular weight excluding hydrogens is 450 g/mol. The van der Waals surface area contributed by atoms with E-state index >= 15 is 0 Å². The molecule has 0 heterocycles. The Kier molecular flexibility index (Phi) is 17.0. The quantitative estimate of drug-likeness (QED) is 0.0462. The van der Waals surface area contributed by atoms with Crippen LogP contribution in [0.5, 0.6) is 0 Å². The van der Waals surface area contributed by atoms with E-state index in [2.05, 4.69) is 26.3 Å². The summed E-state index contributed by atoms with van der Waals surface area (Å²) in [7, 11) is 0. The number of nitrogens with zero attached hydrogens (tertiary/aromatic N) is 1. The van der Waals surface area contributed by atoms with Crippen molar-refractivity contribution in [2.24, 2.45) is 33.8 Å². The van der Waals surface area contributed by atoms with E-state index in [1.807, 2.05) is 27.7 Å². The van der Waals surface area contributed by atoms with Crippen LogP contribution in [0.4, 0.5) is 0 Å². The molecule has 0 aliphatic carbocycles. The number of nitrogens with two attached hydrogens (primary N) is 4. The van der Waals surface area contributed by atoms with Crippen LogP contribution >= 0.6 is 0 Å². The predicted molar refractivity (Wildman–Crippen MR) is 140 cm³/mol. The fraction of sp³-hybridized carbons (Fsp3) is 0.739. The number of carbonyl (C=O) groups excluding carboxylic acids is 3. The summed E-state index contributed by atoms with van der Waals surface area (Å²) in [4.78, 5) is 41.9. The molecule has 0 unspecified atom stereocenters. The van der Waals surface area contributed by atoms with E-state index in [4.69, 9.17) is 22.9 Å². The van der Waals surface area contributed by atoms with Crippen LogP contribution in [0.2, 0.25) is 0 Å². The van der Waals surface area contributed by atoms with Crippen LogP contribution in [0.1, 0.15) is 59.8 Å². The molecule has 0 aromatic rings. The average molecular weight is 498 g/mol. The van der Waals surface area contributed by atoms with Crippen molar-refractivity contribution in [1.29, 1.82) is 0 Å². The van der Waals surface area contributed by atoms with Gasteiger partial charge >= 0.3 is 0 Å². The zero-order chi connectivity index (χ0) is 26.8. The highest BCUT2D eigenvalue weighted by molar-refractivity contribution is 5.91. The summed E-state index contributed by atoms with van der Waals surface area (Å²) in [5.41, 5.74) is 23.0. The van der Waals surface area contributed by atoms with Gasteiger partial charge < -0.3 is 49.0 Å². The minimum Gasteiger partial charge on any atom is -0.372 e.